The Morgan fingerprint density at radius 1 is 1.06 bits per heavy atom. The van der Waals surface area contributed by atoms with Crippen molar-refractivity contribution in [2.24, 2.45) is 7.05 Å². The number of aromatic amines is 1. The Bertz CT molecular complexity index is 1310. The number of H-pyrrole nitrogens is 1. The fourth-order valence-electron chi connectivity index (χ4n) is 4.17. The highest BCUT2D eigenvalue weighted by atomic mass is 19.2. The van der Waals surface area contributed by atoms with Crippen LogP contribution in [0.3, 0.4) is 0 Å². The highest BCUT2D eigenvalue weighted by Gasteiger charge is 2.28. The number of nitrogens with zero attached hydrogens (tertiary/aromatic N) is 4. The van der Waals surface area contributed by atoms with Gasteiger partial charge in [-0.2, -0.15) is 10.2 Å². The summed E-state index contributed by atoms with van der Waals surface area (Å²) >= 11 is 0. The zero-order valence-electron chi connectivity index (χ0n) is 17.1. The molecule has 5 rings (SSSR count). The molecule has 0 radical (unpaired) electrons. The number of hydrogen-bond acceptors (Lipinski definition) is 3. The summed E-state index contributed by atoms with van der Waals surface area (Å²) in [5, 5.41) is 11.2. The van der Waals surface area contributed by atoms with E-state index in [1.807, 2.05) is 18.2 Å². The molecule has 2 aromatic carbocycles. The summed E-state index contributed by atoms with van der Waals surface area (Å²) in [7, 11) is 1.66. The van der Waals surface area contributed by atoms with Crippen molar-refractivity contribution in [2.75, 3.05) is 6.54 Å². The second-order valence-electron chi connectivity index (χ2n) is 7.70. The lowest BCUT2D eigenvalue weighted by Gasteiger charge is -2.27. The van der Waals surface area contributed by atoms with Crippen LogP contribution < -0.4 is 0 Å². The van der Waals surface area contributed by atoms with Crippen LogP contribution in [0.15, 0.2) is 48.8 Å². The van der Waals surface area contributed by atoms with Crippen LogP contribution in [0.1, 0.15) is 21.6 Å². The summed E-state index contributed by atoms with van der Waals surface area (Å²) in [5.74, 6) is -4.13. The minimum absolute atomic E-state index is 0.132. The lowest BCUT2D eigenvalue weighted by Crippen LogP contribution is -2.36. The standard InChI is InChI=1S/C23H18F3N5O/c1-30-22(15-8-18(24)21(26)19(25)9-15)17-5-6-31(12-20(17)29-30)23(32)14-4-2-3-13(7-14)16-10-27-28-11-16/h2-4,7-11H,5-6,12H2,1H3,(H,27,28). The van der Waals surface area contributed by atoms with Crippen molar-refractivity contribution in [2.45, 2.75) is 13.0 Å². The third-order valence-electron chi connectivity index (χ3n) is 5.69. The van der Waals surface area contributed by atoms with E-state index in [0.29, 0.717) is 29.9 Å². The third kappa shape index (κ3) is 3.35. The molecular formula is C23H18F3N5O. The first-order valence-electron chi connectivity index (χ1n) is 10.0. The van der Waals surface area contributed by atoms with Gasteiger partial charge in [-0.15, -0.1) is 0 Å². The Morgan fingerprint density at radius 3 is 2.56 bits per heavy atom. The normalized spacial score (nSPS) is 13.3. The van der Waals surface area contributed by atoms with Gasteiger partial charge < -0.3 is 4.90 Å². The molecular weight excluding hydrogens is 419 g/mol. The molecule has 162 valence electrons. The molecule has 1 amide bonds. The van der Waals surface area contributed by atoms with E-state index < -0.39 is 17.5 Å². The van der Waals surface area contributed by atoms with Gasteiger partial charge in [0.25, 0.3) is 5.91 Å². The van der Waals surface area contributed by atoms with Gasteiger partial charge in [0.05, 0.1) is 24.1 Å². The number of carbonyl (C=O) groups excluding carboxylic acids is 1. The molecule has 2 aromatic heterocycles. The maximum atomic E-state index is 13.8. The third-order valence-corrected chi connectivity index (χ3v) is 5.69. The van der Waals surface area contributed by atoms with Crippen molar-refractivity contribution in [3.63, 3.8) is 0 Å². The van der Waals surface area contributed by atoms with Gasteiger partial charge in [0.2, 0.25) is 0 Å². The molecule has 0 aliphatic carbocycles. The molecule has 0 unspecified atom stereocenters. The van der Waals surface area contributed by atoms with E-state index in [2.05, 4.69) is 15.3 Å². The molecule has 1 aliphatic rings. The minimum atomic E-state index is -1.50. The maximum absolute atomic E-state index is 13.8. The second kappa shape index (κ2) is 7.67. The monoisotopic (exact) mass is 437 g/mol. The number of hydrogen-bond donors (Lipinski definition) is 1. The van der Waals surface area contributed by atoms with Gasteiger partial charge in [0, 0.05) is 42.0 Å². The number of halogens is 3. The SMILES string of the molecule is Cn1nc2c(c1-c1cc(F)c(F)c(F)c1)CCN(C(=O)c1cccc(-c3cn[nH]c3)c1)C2. The van der Waals surface area contributed by atoms with Gasteiger partial charge >= 0.3 is 0 Å². The van der Waals surface area contributed by atoms with E-state index in [1.54, 1.807) is 30.4 Å². The molecule has 1 aliphatic heterocycles. The maximum Gasteiger partial charge on any atom is 0.254 e. The largest absolute Gasteiger partial charge is 0.332 e. The average Bonchev–Trinajstić information content (AvgIpc) is 3.43. The Balaban J connectivity index is 1.43. The van der Waals surface area contributed by atoms with Gasteiger partial charge in [-0.1, -0.05) is 12.1 Å². The Labute approximate surface area is 181 Å². The molecule has 4 aromatic rings. The summed E-state index contributed by atoms with van der Waals surface area (Å²) in [6, 6.07) is 9.23. The molecule has 0 fully saturated rings. The van der Waals surface area contributed by atoms with Crippen molar-refractivity contribution in [3.8, 4) is 22.4 Å². The van der Waals surface area contributed by atoms with Crippen LogP contribution in [0.25, 0.3) is 22.4 Å². The van der Waals surface area contributed by atoms with E-state index in [1.165, 1.54) is 4.68 Å². The first-order chi connectivity index (χ1) is 15.4. The number of fused-ring (bicyclic) bond motifs is 1. The predicted molar refractivity (Wildman–Crippen MR) is 111 cm³/mol. The van der Waals surface area contributed by atoms with Crippen LogP contribution in [0.5, 0.6) is 0 Å². The molecule has 0 saturated heterocycles. The highest BCUT2D eigenvalue weighted by molar-refractivity contribution is 5.95. The molecule has 0 atom stereocenters. The smallest absolute Gasteiger partial charge is 0.254 e. The van der Waals surface area contributed by atoms with Gasteiger partial charge in [0.15, 0.2) is 17.5 Å². The number of amides is 1. The van der Waals surface area contributed by atoms with Crippen LogP contribution in [0, 0.1) is 17.5 Å². The zero-order chi connectivity index (χ0) is 22.4. The van der Waals surface area contributed by atoms with Gasteiger partial charge in [-0.25, -0.2) is 13.2 Å². The molecule has 3 heterocycles. The number of benzene rings is 2. The topological polar surface area (TPSA) is 66.8 Å². The Morgan fingerprint density at radius 2 is 1.84 bits per heavy atom. The van der Waals surface area contributed by atoms with Gasteiger partial charge in [0.1, 0.15) is 0 Å². The van der Waals surface area contributed by atoms with Crippen LogP contribution in [0.4, 0.5) is 13.2 Å². The van der Waals surface area contributed by atoms with Crippen LogP contribution in [-0.2, 0) is 20.0 Å². The Hall–Kier alpha value is -3.88. The van der Waals surface area contributed by atoms with E-state index >= 15 is 0 Å². The summed E-state index contributed by atoms with van der Waals surface area (Å²) in [4.78, 5) is 14.8. The summed E-state index contributed by atoms with van der Waals surface area (Å²) in [6.07, 6.45) is 3.91. The number of aromatic nitrogens is 4. The van der Waals surface area contributed by atoms with Crippen molar-refractivity contribution >= 4 is 5.91 Å². The van der Waals surface area contributed by atoms with Gasteiger partial charge in [-0.05, 0) is 36.2 Å². The molecule has 9 heteroatoms. The number of nitrogens with one attached hydrogen (secondary N) is 1. The van der Waals surface area contributed by atoms with Crippen molar-refractivity contribution in [1.29, 1.82) is 0 Å². The number of aryl methyl sites for hydroxylation is 1. The van der Waals surface area contributed by atoms with Crippen molar-refractivity contribution < 1.29 is 18.0 Å². The van der Waals surface area contributed by atoms with Crippen molar-refractivity contribution in [1.82, 2.24) is 24.9 Å². The lowest BCUT2D eigenvalue weighted by molar-refractivity contribution is 0.0732. The molecule has 0 bridgehead atoms. The van der Waals surface area contributed by atoms with Crippen LogP contribution in [0.2, 0.25) is 0 Å². The minimum Gasteiger partial charge on any atom is -0.332 e. The van der Waals surface area contributed by atoms with E-state index in [0.717, 1.165) is 28.8 Å². The van der Waals surface area contributed by atoms with Crippen LogP contribution >= 0.6 is 0 Å². The molecule has 1 N–H and O–H groups in total. The van der Waals surface area contributed by atoms with Gasteiger partial charge in [-0.3, -0.25) is 14.6 Å². The highest BCUT2D eigenvalue weighted by Crippen LogP contribution is 2.32. The van der Waals surface area contributed by atoms with E-state index in [-0.39, 0.29) is 18.0 Å². The summed E-state index contributed by atoms with van der Waals surface area (Å²) < 4.78 is 42.5. The summed E-state index contributed by atoms with van der Waals surface area (Å²) in [6.45, 7) is 0.691. The fraction of sp³-hybridized carbons (Fsp3) is 0.174. The second-order valence-corrected chi connectivity index (χ2v) is 7.70. The number of carbonyl (C=O) groups is 1. The molecule has 0 saturated carbocycles. The first-order valence-corrected chi connectivity index (χ1v) is 10.0. The number of rotatable bonds is 3. The fourth-order valence-corrected chi connectivity index (χ4v) is 4.17. The van der Waals surface area contributed by atoms with E-state index in [9.17, 15) is 18.0 Å². The van der Waals surface area contributed by atoms with E-state index in [4.69, 9.17) is 0 Å². The summed E-state index contributed by atoms with van der Waals surface area (Å²) in [5.41, 5.74) is 4.49. The van der Waals surface area contributed by atoms with Crippen molar-refractivity contribution in [3.05, 3.63) is 83.1 Å². The average molecular weight is 437 g/mol. The quantitative estimate of drug-likeness (QED) is 0.491. The molecule has 32 heavy (non-hydrogen) atoms. The van der Waals surface area contributed by atoms with Crippen LogP contribution in [-0.4, -0.2) is 37.3 Å². The zero-order valence-corrected chi connectivity index (χ0v) is 17.1. The predicted octanol–water partition coefficient (Wildman–Crippen LogP) is 4.09. The Kier molecular flexibility index (Phi) is 4.80. The first kappa shape index (κ1) is 20.0. The lowest BCUT2D eigenvalue weighted by atomic mass is 9.98. The molecule has 6 nitrogen and oxygen atoms in total. The molecule has 0 spiro atoms.